The highest BCUT2D eigenvalue weighted by Crippen LogP contribution is 2.42. The van der Waals surface area contributed by atoms with Crippen LogP contribution in [0.4, 0.5) is 0 Å². The Morgan fingerprint density at radius 3 is 2.71 bits per heavy atom. The van der Waals surface area contributed by atoms with E-state index in [1.54, 1.807) is 7.11 Å². The van der Waals surface area contributed by atoms with Crippen molar-refractivity contribution in [3.8, 4) is 0 Å². The maximum Gasteiger partial charge on any atom is 0.164 e. The smallest absolute Gasteiger partial charge is 0.164 e. The van der Waals surface area contributed by atoms with Crippen LogP contribution in [0.5, 0.6) is 0 Å². The lowest BCUT2D eigenvalue weighted by molar-refractivity contribution is -0.190. The fourth-order valence-electron chi connectivity index (χ4n) is 2.31. The fourth-order valence-corrected chi connectivity index (χ4v) is 2.31. The monoisotopic (exact) mass is 202 g/mol. The molecule has 0 aliphatic carbocycles. The molecule has 2 heterocycles. The van der Waals surface area contributed by atoms with E-state index in [0.29, 0.717) is 13.2 Å². The predicted octanol–water partition coefficient (Wildman–Crippen LogP) is 0.942. The average Bonchev–Trinajstić information content (AvgIpc) is 2.44. The Bertz CT molecular complexity index is 228. The maximum atomic E-state index is 5.83. The Labute approximate surface area is 84.5 Å². The van der Waals surface area contributed by atoms with Crippen molar-refractivity contribution in [3.63, 3.8) is 0 Å². The molecule has 0 aromatic rings. The molecule has 2 aliphatic heterocycles. The third-order valence-corrected chi connectivity index (χ3v) is 2.74. The number of fused-ring (bicyclic) bond motifs is 1. The second-order valence-corrected chi connectivity index (χ2v) is 4.66. The summed E-state index contributed by atoms with van der Waals surface area (Å²) in [7, 11) is 1.67. The summed E-state index contributed by atoms with van der Waals surface area (Å²) in [5, 5.41) is 0. The van der Waals surface area contributed by atoms with Crippen LogP contribution in [0.25, 0.3) is 0 Å². The van der Waals surface area contributed by atoms with Gasteiger partial charge in [0.2, 0.25) is 0 Å². The van der Waals surface area contributed by atoms with Gasteiger partial charge in [-0.15, -0.1) is 0 Å². The van der Waals surface area contributed by atoms with Crippen LogP contribution >= 0.6 is 0 Å². The third-order valence-electron chi connectivity index (χ3n) is 2.74. The van der Waals surface area contributed by atoms with Crippen molar-refractivity contribution >= 4 is 0 Å². The highest BCUT2D eigenvalue weighted by Gasteiger charge is 2.58. The van der Waals surface area contributed by atoms with Crippen LogP contribution in [0, 0.1) is 0 Å². The molecule has 0 aromatic carbocycles. The van der Waals surface area contributed by atoms with Gasteiger partial charge in [-0.1, -0.05) is 0 Å². The number of hydrogen-bond donors (Lipinski definition) is 0. The molecule has 4 nitrogen and oxygen atoms in total. The van der Waals surface area contributed by atoms with Crippen LogP contribution in [0.15, 0.2) is 0 Å². The molecule has 0 N–H and O–H groups in total. The third kappa shape index (κ3) is 1.56. The van der Waals surface area contributed by atoms with Crippen molar-refractivity contribution in [2.24, 2.45) is 0 Å². The van der Waals surface area contributed by atoms with Crippen LogP contribution in [-0.4, -0.2) is 43.9 Å². The van der Waals surface area contributed by atoms with Gasteiger partial charge in [-0.2, -0.15) is 0 Å². The van der Waals surface area contributed by atoms with Gasteiger partial charge in [0.1, 0.15) is 17.8 Å². The topological polar surface area (TPSA) is 36.9 Å². The zero-order valence-electron chi connectivity index (χ0n) is 9.20. The maximum absolute atomic E-state index is 5.83. The van der Waals surface area contributed by atoms with Gasteiger partial charge in [-0.3, -0.25) is 0 Å². The van der Waals surface area contributed by atoms with Gasteiger partial charge in [0.15, 0.2) is 5.79 Å². The van der Waals surface area contributed by atoms with Crippen molar-refractivity contribution < 1.29 is 18.9 Å². The number of ether oxygens (including phenoxy) is 4. The van der Waals surface area contributed by atoms with Crippen LogP contribution < -0.4 is 0 Å². The van der Waals surface area contributed by atoms with Crippen LogP contribution in [0.1, 0.15) is 20.8 Å². The molecule has 82 valence electrons. The minimum absolute atomic E-state index is 0.00762. The Hall–Kier alpha value is -0.160. The lowest BCUT2D eigenvalue weighted by atomic mass is 10.00. The summed E-state index contributed by atoms with van der Waals surface area (Å²) in [5.74, 6) is -0.505. The minimum atomic E-state index is -0.505. The van der Waals surface area contributed by atoms with E-state index in [4.69, 9.17) is 18.9 Å². The summed E-state index contributed by atoms with van der Waals surface area (Å²) in [6.07, 6.45) is -0.0239. The van der Waals surface area contributed by atoms with E-state index < -0.39 is 5.79 Å². The first-order valence-corrected chi connectivity index (χ1v) is 4.95. The summed E-state index contributed by atoms with van der Waals surface area (Å²) < 4.78 is 22.3. The van der Waals surface area contributed by atoms with Crippen molar-refractivity contribution in [2.45, 2.75) is 44.4 Å². The van der Waals surface area contributed by atoms with Gasteiger partial charge in [0.25, 0.3) is 0 Å². The molecule has 14 heavy (non-hydrogen) atoms. The molecule has 0 bridgehead atoms. The summed E-state index contributed by atoms with van der Waals surface area (Å²) in [6, 6.07) is 0. The standard InChI is InChI=1S/C10H18O4/c1-9(2)13-8-7(5-11-4)12-6-10(8,3)14-9/h7-8H,5-6H2,1-4H3/t7-,8?,10+/m1/s1. The molecule has 2 aliphatic rings. The van der Waals surface area contributed by atoms with Crippen molar-refractivity contribution in [1.29, 1.82) is 0 Å². The van der Waals surface area contributed by atoms with Crippen molar-refractivity contribution in [3.05, 3.63) is 0 Å². The summed E-state index contributed by atoms with van der Waals surface area (Å²) in [5.41, 5.74) is -0.313. The highest BCUT2D eigenvalue weighted by atomic mass is 16.8. The van der Waals surface area contributed by atoms with Gasteiger partial charge in [-0.25, -0.2) is 0 Å². The SMILES string of the molecule is COC[C@H]1OC[C@]2(C)OC(C)(C)OC12. The summed E-state index contributed by atoms with van der Waals surface area (Å²) in [4.78, 5) is 0. The average molecular weight is 202 g/mol. The lowest BCUT2D eigenvalue weighted by Gasteiger charge is -2.22. The van der Waals surface area contributed by atoms with Gasteiger partial charge >= 0.3 is 0 Å². The molecule has 1 unspecified atom stereocenters. The lowest BCUT2D eigenvalue weighted by Crippen LogP contribution is -2.39. The molecule has 2 rings (SSSR count). The Kier molecular flexibility index (Phi) is 2.34. The first-order chi connectivity index (χ1) is 6.47. The van der Waals surface area contributed by atoms with Crippen molar-refractivity contribution in [2.75, 3.05) is 20.3 Å². The first-order valence-electron chi connectivity index (χ1n) is 4.95. The van der Waals surface area contributed by atoms with Crippen molar-refractivity contribution in [1.82, 2.24) is 0 Å². The Balaban J connectivity index is 2.11. The van der Waals surface area contributed by atoms with Crippen LogP contribution in [0.3, 0.4) is 0 Å². The number of methoxy groups -OCH3 is 1. The minimum Gasteiger partial charge on any atom is -0.382 e. The molecule has 4 heteroatoms. The van der Waals surface area contributed by atoms with E-state index in [1.807, 2.05) is 20.8 Å². The quantitative estimate of drug-likeness (QED) is 0.668. The van der Waals surface area contributed by atoms with E-state index in [2.05, 4.69) is 0 Å². The zero-order valence-corrected chi connectivity index (χ0v) is 9.20. The number of hydrogen-bond acceptors (Lipinski definition) is 4. The zero-order chi connectivity index (χ0) is 10.4. The summed E-state index contributed by atoms with van der Waals surface area (Å²) >= 11 is 0. The second-order valence-electron chi connectivity index (χ2n) is 4.66. The molecule has 0 aromatic heterocycles. The molecule has 0 saturated carbocycles. The molecule has 3 atom stereocenters. The molecule has 0 amide bonds. The molecule has 0 spiro atoms. The van der Waals surface area contributed by atoms with E-state index in [0.717, 1.165) is 0 Å². The highest BCUT2D eigenvalue weighted by molar-refractivity contribution is 5.01. The van der Waals surface area contributed by atoms with E-state index in [1.165, 1.54) is 0 Å². The molecule has 2 fully saturated rings. The Morgan fingerprint density at radius 1 is 1.36 bits per heavy atom. The fraction of sp³-hybridized carbons (Fsp3) is 1.00. The Morgan fingerprint density at radius 2 is 2.07 bits per heavy atom. The molecule has 0 radical (unpaired) electrons. The van der Waals surface area contributed by atoms with E-state index >= 15 is 0 Å². The van der Waals surface area contributed by atoms with E-state index in [9.17, 15) is 0 Å². The predicted molar refractivity (Wildman–Crippen MR) is 50.1 cm³/mol. The molecule has 2 saturated heterocycles. The van der Waals surface area contributed by atoms with Gasteiger partial charge in [-0.05, 0) is 20.8 Å². The normalized spacial score (nSPS) is 45.4. The van der Waals surface area contributed by atoms with Crippen LogP contribution in [-0.2, 0) is 18.9 Å². The molecular weight excluding hydrogens is 184 g/mol. The van der Waals surface area contributed by atoms with Gasteiger partial charge < -0.3 is 18.9 Å². The number of rotatable bonds is 2. The van der Waals surface area contributed by atoms with E-state index in [-0.39, 0.29) is 17.8 Å². The van der Waals surface area contributed by atoms with Crippen LogP contribution in [0.2, 0.25) is 0 Å². The first kappa shape index (κ1) is 10.4. The second kappa shape index (κ2) is 3.17. The largest absolute Gasteiger partial charge is 0.382 e. The summed E-state index contributed by atoms with van der Waals surface area (Å²) in [6.45, 7) is 7.03. The van der Waals surface area contributed by atoms with Gasteiger partial charge in [0.05, 0.1) is 13.2 Å². The molecular formula is C10H18O4. The van der Waals surface area contributed by atoms with Gasteiger partial charge in [0, 0.05) is 7.11 Å².